The Bertz CT molecular complexity index is 1300. The monoisotopic (exact) mass is 428 g/mol. The van der Waals surface area contributed by atoms with Gasteiger partial charge in [-0.1, -0.05) is 36.4 Å². The Labute approximate surface area is 182 Å². The molecule has 4 rings (SSSR count). The summed E-state index contributed by atoms with van der Waals surface area (Å²) in [6.45, 7) is -0.625. The molecule has 0 spiro atoms. The SMILES string of the molecule is O=C(COC(=O)c1cc(-c2ccc(F)cc2)nc2ccccc12)NC(=O)c1ccccc1. The molecule has 1 aromatic heterocycles. The summed E-state index contributed by atoms with van der Waals surface area (Å²) < 4.78 is 18.4. The fraction of sp³-hybridized carbons (Fsp3) is 0.0400. The van der Waals surface area contributed by atoms with Crippen LogP contribution >= 0.6 is 0 Å². The summed E-state index contributed by atoms with van der Waals surface area (Å²) >= 11 is 0. The molecule has 3 aromatic carbocycles. The maximum Gasteiger partial charge on any atom is 0.339 e. The summed E-state index contributed by atoms with van der Waals surface area (Å²) in [4.78, 5) is 41.5. The molecule has 1 N–H and O–H groups in total. The van der Waals surface area contributed by atoms with E-state index in [1.165, 1.54) is 18.2 Å². The van der Waals surface area contributed by atoms with E-state index in [1.54, 1.807) is 66.7 Å². The summed E-state index contributed by atoms with van der Waals surface area (Å²) in [6, 6.07) is 22.5. The Hall–Kier alpha value is -4.39. The van der Waals surface area contributed by atoms with Gasteiger partial charge in [-0.25, -0.2) is 14.2 Å². The smallest absolute Gasteiger partial charge is 0.339 e. The Kier molecular flexibility index (Phi) is 5.98. The normalized spacial score (nSPS) is 10.5. The van der Waals surface area contributed by atoms with Gasteiger partial charge in [0.15, 0.2) is 6.61 Å². The first kappa shape index (κ1) is 20.9. The average molecular weight is 428 g/mol. The second-order valence-electron chi connectivity index (χ2n) is 6.90. The lowest BCUT2D eigenvalue weighted by Gasteiger charge is -2.10. The van der Waals surface area contributed by atoms with E-state index in [-0.39, 0.29) is 11.4 Å². The Morgan fingerprint density at radius 2 is 1.56 bits per heavy atom. The molecule has 7 heteroatoms. The highest BCUT2D eigenvalue weighted by Crippen LogP contribution is 2.25. The third-order valence-electron chi connectivity index (χ3n) is 4.70. The van der Waals surface area contributed by atoms with E-state index in [1.807, 2.05) is 0 Å². The van der Waals surface area contributed by atoms with Crippen LogP contribution in [0.25, 0.3) is 22.2 Å². The van der Waals surface area contributed by atoms with E-state index in [0.29, 0.717) is 27.7 Å². The predicted molar refractivity (Wildman–Crippen MR) is 116 cm³/mol. The number of halogens is 1. The number of carbonyl (C=O) groups is 3. The summed E-state index contributed by atoms with van der Waals surface area (Å²) in [5, 5.41) is 2.73. The lowest BCUT2D eigenvalue weighted by Crippen LogP contribution is -2.34. The van der Waals surface area contributed by atoms with E-state index in [4.69, 9.17) is 4.74 Å². The van der Waals surface area contributed by atoms with Crippen molar-refractivity contribution < 1.29 is 23.5 Å². The van der Waals surface area contributed by atoms with Crippen molar-refractivity contribution in [2.75, 3.05) is 6.61 Å². The third-order valence-corrected chi connectivity index (χ3v) is 4.70. The summed E-state index contributed by atoms with van der Waals surface area (Å²) in [7, 11) is 0. The number of nitrogens with zero attached hydrogens (tertiary/aromatic N) is 1. The van der Waals surface area contributed by atoms with Crippen LogP contribution in [0.15, 0.2) is 84.9 Å². The number of nitrogens with one attached hydrogen (secondary N) is 1. The van der Waals surface area contributed by atoms with Gasteiger partial charge in [0, 0.05) is 16.5 Å². The average Bonchev–Trinajstić information content (AvgIpc) is 2.83. The number of carbonyl (C=O) groups excluding carboxylic acids is 3. The molecule has 158 valence electrons. The molecule has 0 unspecified atom stereocenters. The number of pyridine rings is 1. The molecule has 0 saturated carbocycles. The van der Waals surface area contributed by atoms with Crippen molar-refractivity contribution in [1.29, 1.82) is 0 Å². The Morgan fingerprint density at radius 1 is 0.875 bits per heavy atom. The molecular formula is C25H17FN2O4. The highest BCUT2D eigenvalue weighted by atomic mass is 19.1. The van der Waals surface area contributed by atoms with E-state index in [9.17, 15) is 18.8 Å². The minimum Gasteiger partial charge on any atom is -0.452 e. The number of amides is 2. The zero-order valence-corrected chi connectivity index (χ0v) is 16.7. The van der Waals surface area contributed by atoms with Crippen LogP contribution < -0.4 is 5.32 Å². The number of aromatic nitrogens is 1. The van der Waals surface area contributed by atoms with E-state index >= 15 is 0 Å². The molecule has 0 aliphatic carbocycles. The third kappa shape index (κ3) is 4.67. The first-order valence-corrected chi connectivity index (χ1v) is 9.73. The van der Waals surface area contributed by atoms with Crippen molar-refractivity contribution in [2.24, 2.45) is 0 Å². The van der Waals surface area contributed by atoms with Crippen molar-refractivity contribution >= 4 is 28.7 Å². The largest absolute Gasteiger partial charge is 0.452 e. The highest BCUT2D eigenvalue weighted by Gasteiger charge is 2.18. The van der Waals surface area contributed by atoms with Crippen molar-refractivity contribution in [1.82, 2.24) is 10.3 Å². The van der Waals surface area contributed by atoms with Crippen molar-refractivity contribution in [2.45, 2.75) is 0 Å². The van der Waals surface area contributed by atoms with Crippen LogP contribution in [0.2, 0.25) is 0 Å². The topological polar surface area (TPSA) is 85.4 Å². The van der Waals surface area contributed by atoms with Crippen LogP contribution in [0.4, 0.5) is 4.39 Å². The lowest BCUT2D eigenvalue weighted by molar-refractivity contribution is -0.123. The maximum atomic E-state index is 13.3. The molecular weight excluding hydrogens is 411 g/mol. The number of para-hydroxylation sites is 1. The van der Waals surface area contributed by atoms with Crippen LogP contribution in [0, 0.1) is 5.82 Å². The molecule has 2 amide bonds. The van der Waals surface area contributed by atoms with Crippen LogP contribution in [-0.4, -0.2) is 29.4 Å². The van der Waals surface area contributed by atoms with Crippen molar-refractivity contribution in [3.05, 3.63) is 102 Å². The number of ether oxygens (including phenoxy) is 1. The molecule has 0 aliphatic heterocycles. The van der Waals surface area contributed by atoms with Crippen molar-refractivity contribution in [3.8, 4) is 11.3 Å². The Balaban J connectivity index is 1.53. The first-order chi connectivity index (χ1) is 15.5. The molecule has 0 saturated heterocycles. The molecule has 6 nitrogen and oxygen atoms in total. The molecule has 0 fully saturated rings. The number of fused-ring (bicyclic) bond motifs is 1. The molecule has 4 aromatic rings. The first-order valence-electron chi connectivity index (χ1n) is 9.73. The van der Waals surface area contributed by atoms with Gasteiger partial charge in [-0.3, -0.25) is 14.9 Å². The molecule has 32 heavy (non-hydrogen) atoms. The van der Waals surface area contributed by atoms with Gasteiger partial charge in [0.05, 0.1) is 16.8 Å². The van der Waals surface area contributed by atoms with Crippen LogP contribution in [0.5, 0.6) is 0 Å². The quantitative estimate of drug-likeness (QED) is 0.483. The van der Waals surface area contributed by atoms with E-state index in [2.05, 4.69) is 10.3 Å². The number of benzene rings is 3. The molecule has 0 bridgehead atoms. The van der Waals surface area contributed by atoms with Crippen LogP contribution in [0.1, 0.15) is 20.7 Å². The summed E-state index contributed by atoms with van der Waals surface area (Å²) in [5.74, 6) is -2.46. The maximum absolute atomic E-state index is 13.3. The number of hydrogen-bond acceptors (Lipinski definition) is 5. The molecule has 0 radical (unpaired) electrons. The zero-order chi connectivity index (χ0) is 22.5. The van der Waals surface area contributed by atoms with Crippen molar-refractivity contribution in [3.63, 3.8) is 0 Å². The van der Waals surface area contributed by atoms with E-state index in [0.717, 1.165) is 0 Å². The van der Waals surface area contributed by atoms with Crippen LogP contribution in [0.3, 0.4) is 0 Å². The minimum atomic E-state index is -0.746. The second-order valence-corrected chi connectivity index (χ2v) is 6.90. The van der Waals surface area contributed by atoms with Gasteiger partial charge in [0.2, 0.25) is 0 Å². The highest BCUT2D eigenvalue weighted by molar-refractivity contribution is 6.07. The Morgan fingerprint density at radius 3 is 2.31 bits per heavy atom. The zero-order valence-electron chi connectivity index (χ0n) is 16.7. The van der Waals surface area contributed by atoms with Gasteiger partial charge in [0.25, 0.3) is 11.8 Å². The number of hydrogen-bond donors (Lipinski definition) is 1. The standard InChI is InChI=1S/C25H17FN2O4/c26-18-12-10-16(11-13-18)22-14-20(19-8-4-5-9-21(19)27-22)25(31)32-15-23(29)28-24(30)17-6-2-1-3-7-17/h1-14H,15H2,(H,28,29,30). The minimum absolute atomic E-state index is 0.206. The molecule has 0 aliphatic rings. The van der Waals surface area contributed by atoms with Gasteiger partial charge >= 0.3 is 5.97 Å². The fourth-order valence-electron chi connectivity index (χ4n) is 3.15. The number of esters is 1. The van der Waals surface area contributed by atoms with E-state index < -0.39 is 24.4 Å². The number of imide groups is 1. The molecule has 1 heterocycles. The van der Waals surface area contributed by atoms with Gasteiger partial charge in [-0.05, 0) is 48.5 Å². The summed E-state index contributed by atoms with van der Waals surface area (Å²) in [5.41, 5.74) is 2.15. The fourth-order valence-corrected chi connectivity index (χ4v) is 3.15. The van der Waals surface area contributed by atoms with Gasteiger partial charge < -0.3 is 4.74 Å². The van der Waals surface area contributed by atoms with Crippen LogP contribution in [-0.2, 0) is 9.53 Å². The summed E-state index contributed by atoms with van der Waals surface area (Å²) in [6.07, 6.45) is 0. The second kappa shape index (κ2) is 9.18. The van der Waals surface area contributed by atoms with Gasteiger partial charge in [-0.2, -0.15) is 0 Å². The van der Waals surface area contributed by atoms with Gasteiger partial charge in [-0.15, -0.1) is 0 Å². The lowest BCUT2D eigenvalue weighted by atomic mass is 10.0. The number of rotatable bonds is 5. The molecule has 0 atom stereocenters. The predicted octanol–water partition coefficient (Wildman–Crippen LogP) is 4.15. The van der Waals surface area contributed by atoms with Gasteiger partial charge in [0.1, 0.15) is 5.82 Å².